The van der Waals surface area contributed by atoms with E-state index < -0.39 is 5.97 Å². The van der Waals surface area contributed by atoms with E-state index in [2.05, 4.69) is 0 Å². The Kier molecular flexibility index (Phi) is 7.02. The molecule has 0 saturated carbocycles. The number of aryl methyl sites for hydroxylation is 2. The van der Waals surface area contributed by atoms with Gasteiger partial charge in [0.25, 0.3) is 11.5 Å². The molecule has 0 fully saturated rings. The molecule has 0 aliphatic heterocycles. The van der Waals surface area contributed by atoms with Crippen molar-refractivity contribution in [1.82, 2.24) is 0 Å². The highest BCUT2D eigenvalue weighted by atomic mass is 16.5. The van der Waals surface area contributed by atoms with Crippen LogP contribution < -0.4 is 9.30 Å². The molecular formula is C22H22N2O4. The van der Waals surface area contributed by atoms with Crippen LogP contribution in [-0.2, 0) is 9.53 Å². The second kappa shape index (κ2) is 9.44. The molecule has 0 unspecified atom stereocenters. The molecule has 144 valence electrons. The molecule has 0 aliphatic carbocycles. The van der Waals surface area contributed by atoms with Gasteiger partial charge in [-0.2, -0.15) is 4.57 Å². The lowest BCUT2D eigenvalue weighted by atomic mass is 10.1. The van der Waals surface area contributed by atoms with Crippen LogP contribution in [0.4, 0.5) is 0 Å². The smallest absolute Gasteiger partial charge is 0.344 e. The summed E-state index contributed by atoms with van der Waals surface area (Å²) in [7, 11) is 1.54. The first-order valence-electron chi connectivity index (χ1n) is 8.74. The van der Waals surface area contributed by atoms with E-state index in [0.717, 1.165) is 11.1 Å². The number of methoxy groups -OCH3 is 1. The number of hydrogen-bond acceptors (Lipinski definition) is 4. The Hall–Kier alpha value is -3.50. The van der Waals surface area contributed by atoms with Gasteiger partial charge in [-0.1, -0.05) is 0 Å². The zero-order valence-corrected chi connectivity index (χ0v) is 16.4. The Labute approximate surface area is 164 Å². The highest BCUT2D eigenvalue weighted by Crippen LogP contribution is 2.16. The third-order valence-electron chi connectivity index (χ3n) is 3.90. The molecule has 0 aliphatic rings. The fourth-order valence-electron chi connectivity index (χ4n) is 2.68. The van der Waals surface area contributed by atoms with Crippen LogP contribution in [0.5, 0.6) is 5.75 Å². The molecular weight excluding hydrogens is 356 g/mol. The number of ketones is 1. The molecule has 0 N–H and O–H groups in total. The first-order valence-corrected chi connectivity index (χ1v) is 8.74. The van der Waals surface area contributed by atoms with Gasteiger partial charge >= 0.3 is 5.97 Å². The van der Waals surface area contributed by atoms with E-state index in [9.17, 15) is 15.0 Å². The molecule has 1 heterocycles. The molecule has 0 bridgehead atoms. The van der Waals surface area contributed by atoms with Crippen molar-refractivity contribution in [2.75, 3.05) is 13.7 Å². The predicted octanol–water partition coefficient (Wildman–Crippen LogP) is 3.05. The normalized spacial score (nSPS) is 10.8. The predicted molar refractivity (Wildman–Crippen MR) is 106 cm³/mol. The SMILES string of the molecule is CCOC(=O)C(=C=[N-])/C=C(/C(=O)c1ccc(OC)cc1)[n+]1cc(C)cc(C)c1. The lowest BCUT2D eigenvalue weighted by Gasteiger charge is -2.07. The highest BCUT2D eigenvalue weighted by Gasteiger charge is 2.24. The van der Waals surface area contributed by atoms with Gasteiger partial charge in [0.2, 0.25) is 0 Å². The zero-order chi connectivity index (χ0) is 20.7. The van der Waals surface area contributed by atoms with Gasteiger partial charge in [0.1, 0.15) is 5.75 Å². The van der Waals surface area contributed by atoms with Crippen molar-refractivity contribution in [3.8, 4) is 5.75 Å². The summed E-state index contributed by atoms with van der Waals surface area (Å²) < 4.78 is 11.7. The minimum absolute atomic E-state index is 0.135. The molecule has 0 amide bonds. The van der Waals surface area contributed by atoms with Crippen LogP contribution >= 0.6 is 0 Å². The van der Waals surface area contributed by atoms with Gasteiger partial charge in [-0.05, 0) is 51.1 Å². The molecule has 6 heteroatoms. The van der Waals surface area contributed by atoms with Gasteiger partial charge in [-0.3, -0.25) is 10.7 Å². The van der Waals surface area contributed by atoms with Gasteiger partial charge < -0.3 is 14.9 Å². The van der Waals surface area contributed by atoms with Crippen molar-refractivity contribution < 1.29 is 23.6 Å². The molecule has 2 aromatic rings. The molecule has 0 radical (unpaired) electrons. The van der Waals surface area contributed by atoms with Crippen LogP contribution in [0.3, 0.4) is 0 Å². The Balaban J connectivity index is 2.60. The van der Waals surface area contributed by atoms with Crippen LogP contribution in [0.25, 0.3) is 11.1 Å². The molecule has 6 nitrogen and oxygen atoms in total. The molecule has 28 heavy (non-hydrogen) atoms. The molecule has 0 saturated heterocycles. The van der Waals surface area contributed by atoms with Crippen LogP contribution in [0.15, 0.2) is 54.4 Å². The van der Waals surface area contributed by atoms with Crippen LogP contribution in [0.1, 0.15) is 28.4 Å². The van der Waals surface area contributed by atoms with Crippen LogP contribution in [-0.4, -0.2) is 31.3 Å². The number of allylic oxidation sites excluding steroid dienone is 1. The summed E-state index contributed by atoms with van der Waals surface area (Å²) >= 11 is 0. The van der Waals surface area contributed by atoms with Gasteiger partial charge in [0, 0.05) is 22.8 Å². The number of carbonyl (C=O) groups is 2. The maximum atomic E-state index is 13.2. The van der Waals surface area contributed by atoms with E-state index in [1.165, 1.54) is 6.08 Å². The van der Waals surface area contributed by atoms with Gasteiger partial charge in [0.05, 0.1) is 19.3 Å². The number of nitrogens with zero attached hydrogens (tertiary/aromatic N) is 2. The van der Waals surface area contributed by atoms with E-state index in [-0.39, 0.29) is 23.7 Å². The number of carbonyl (C=O) groups excluding carboxylic acids is 2. The third-order valence-corrected chi connectivity index (χ3v) is 3.90. The second-order valence-electron chi connectivity index (χ2n) is 6.13. The van der Waals surface area contributed by atoms with E-state index in [4.69, 9.17) is 9.47 Å². The van der Waals surface area contributed by atoms with Crippen LogP contribution in [0, 0.1) is 13.8 Å². The van der Waals surface area contributed by atoms with Gasteiger partial charge in [0.15, 0.2) is 12.4 Å². The maximum Gasteiger partial charge on any atom is 0.344 e. The van der Waals surface area contributed by atoms with Crippen molar-refractivity contribution in [3.63, 3.8) is 0 Å². The lowest BCUT2D eigenvalue weighted by molar-refractivity contribution is -0.577. The Morgan fingerprint density at radius 1 is 1.14 bits per heavy atom. The summed E-state index contributed by atoms with van der Waals surface area (Å²) in [5.74, 6) is 1.34. The summed E-state index contributed by atoms with van der Waals surface area (Å²) in [4.78, 5) is 25.2. The van der Waals surface area contributed by atoms with E-state index in [1.807, 2.05) is 25.8 Å². The van der Waals surface area contributed by atoms with Crippen molar-refractivity contribution in [1.29, 1.82) is 0 Å². The number of Topliss-reactive ketones (excluding diaryl/α,β-unsaturated/α-hetero) is 1. The largest absolute Gasteiger partial charge is 0.763 e. The lowest BCUT2D eigenvalue weighted by Crippen LogP contribution is -2.37. The first kappa shape index (κ1) is 20.8. The van der Waals surface area contributed by atoms with E-state index in [0.29, 0.717) is 11.3 Å². The number of hydrogen-bond donors (Lipinski definition) is 0. The summed E-state index contributed by atoms with van der Waals surface area (Å²) in [5.41, 5.74) is 2.19. The molecule has 0 spiro atoms. The van der Waals surface area contributed by atoms with Gasteiger partial charge in [-0.25, -0.2) is 4.79 Å². The quantitative estimate of drug-likeness (QED) is 0.185. The minimum atomic E-state index is -0.769. The average molecular weight is 378 g/mol. The minimum Gasteiger partial charge on any atom is -0.763 e. The monoisotopic (exact) mass is 378 g/mol. The number of rotatable bonds is 7. The Morgan fingerprint density at radius 2 is 1.75 bits per heavy atom. The van der Waals surface area contributed by atoms with Gasteiger partial charge in [-0.15, -0.1) is 0 Å². The van der Waals surface area contributed by atoms with Crippen molar-refractivity contribution in [2.24, 2.45) is 0 Å². The number of esters is 1. The number of pyridine rings is 1. The average Bonchev–Trinajstić information content (AvgIpc) is 2.67. The van der Waals surface area contributed by atoms with Crippen molar-refractivity contribution >= 4 is 23.3 Å². The Morgan fingerprint density at radius 3 is 2.25 bits per heavy atom. The van der Waals surface area contributed by atoms with Crippen LogP contribution in [0.2, 0.25) is 0 Å². The summed E-state index contributed by atoms with van der Waals surface area (Å²) in [6.07, 6.45) is 4.80. The summed E-state index contributed by atoms with van der Waals surface area (Å²) in [6.45, 7) is 5.59. The van der Waals surface area contributed by atoms with Crippen molar-refractivity contribution in [3.05, 3.63) is 76.5 Å². The molecule has 2 rings (SSSR count). The fraction of sp³-hybridized carbons (Fsp3) is 0.227. The van der Waals surface area contributed by atoms with E-state index >= 15 is 0 Å². The number of aromatic nitrogens is 1. The highest BCUT2D eigenvalue weighted by molar-refractivity contribution is 6.23. The van der Waals surface area contributed by atoms with E-state index in [1.54, 1.807) is 55.3 Å². The zero-order valence-electron chi connectivity index (χ0n) is 16.4. The topological polar surface area (TPSA) is 78.8 Å². The fourth-order valence-corrected chi connectivity index (χ4v) is 2.68. The standard InChI is InChI=1S/C22H22N2O4/c1-5-28-22(26)18(12-23)11-20(24-13-15(2)10-16(3)14-24)21(25)17-6-8-19(27-4)9-7-17/h6-11,13-14H,5H2,1-4H3/b20-11-. The number of benzene rings is 1. The Bertz CT molecular complexity index is 948. The van der Waals surface area contributed by atoms with Crippen molar-refractivity contribution in [2.45, 2.75) is 20.8 Å². The first-order chi connectivity index (χ1) is 13.4. The molecule has 1 aromatic carbocycles. The summed E-state index contributed by atoms with van der Waals surface area (Å²) in [6, 6.07) is 8.59. The molecule has 0 atom stereocenters. The molecule has 1 aromatic heterocycles. The second-order valence-corrected chi connectivity index (χ2v) is 6.13. The third kappa shape index (κ3) is 5.02. The maximum absolute atomic E-state index is 13.2. The summed E-state index contributed by atoms with van der Waals surface area (Å²) in [5, 5.41) is 9.38. The number of ether oxygens (including phenoxy) is 2.